The van der Waals surface area contributed by atoms with Gasteiger partial charge in [0.1, 0.15) is 11.5 Å². The van der Waals surface area contributed by atoms with E-state index in [4.69, 9.17) is 11.6 Å². The van der Waals surface area contributed by atoms with Crippen LogP contribution in [0, 0.1) is 5.82 Å². The van der Waals surface area contributed by atoms with Crippen LogP contribution in [-0.4, -0.2) is 40.1 Å². The molecular formula is C17H16ClF4N3O5S. The highest BCUT2D eigenvalue weighted by Crippen LogP contribution is 2.28. The van der Waals surface area contributed by atoms with Crippen LogP contribution in [0.15, 0.2) is 27.8 Å². The second kappa shape index (κ2) is 8.20. The lowest BCUT2D eigenvalue weighted by Gasteiger charge is -2.20. The zero-order chi connectivity index (χ0) is 24.0. The molecule has 0 atom stereocenters. The SMILES string of the molecule is CC(C)N(C)S(=O)(=O)C(=O)c1cc(-n2c(=O)cc(C(F)(F)F)n(C)c2=O)c(F)cc1Cl. The third kappa shape index (κ3) is 4.43. The lowest BCUT2D eigenvalue weighted by atomic mass is 10.2. The van der Waals surface area contributed by atoms with E-state index >= 15 is 0 Å². The molecule has 8 nitrogen and oxygen atoms in total. The fourth-order valence-electron chi connectivity index (χ4n) is 2.53. The molecule has 0 amide bonds. The number of benzene rings is 1. The highest BCUT2D eigenvalue weighted by atomic mass is 35.5. The van der Waals surface area contributed by atoms with Gasteiger partial charge in [0, 0.05) is 26.2 Å². The molecule has 1 aromatic heterocycles. The molecule has 0 aliphatic rings. The van der Waals surface area contributed by atoms with Crippen molar-refractivity contribution in [2.75, 3.05) is 7.05 Å². The van der Waals surface area contributed by atoms with E-state index < -0.39 is 66.4 Å². The Morgan fingerprint density at radius 3 is 2.19 bits per heavy atom. The molecular weight excluding hydrogens is 470 g/mol. The van der Waals surface area contributed by atoms with Crippen LogP contribution in [0.25, 0.3) is 5.69 Å². The molecule has 170 valence electrons. The predicted octanol–water partition coefficient (Wildman–Crippen LogP) is 2.16. The average molecular weight is 486 g/mol. The molecule has 0 spiro atoms. The molecule has 0 saturated carbocycles. The van der Waals surface area contributed by atoms with Crippen LogP contribution < -0.4 is 11.2 Å². The molecule has 0 fully saturated rings. The first-order chi connectivity index (χ1) is 14.0. The predicted molar refractivity (Wildman–Crippen MR) is 103 cm³/mol. The zero-order valence-corrected chi connectivity index (χ0v) is 18.1. The number of rotatable bonds is 4. The number of carbonyl (C=O) groups is 1. The summed E-state index contributed by atoms with van der Waals surface area (Å²) in [5, 5.41) is -2.18. The minimum atomic E-state index is -5.04. The third-order valence-electron chi connectivity index (χ3n) is 4.45. The Labute approximate surface area is 178 Å². The van der Waals surface area contributed by atoms with Gasteiger partial charge in [-0.3, -0.25) is 14.2 Å². The van der Waals surface area contributed by atoms with Crippen LogP contribution in [0.1, 0.15) is 29.9 Å². The third-order valence-corrected chi connectivity index (χ3v) is 6.63. The van der Waals surface area contributed by atoms with Gasteiger partial charge in [-0.05, 0) is 26.0 Å². The van der Waals surface area contributed by atoms with E-state index in [0.717, 1.165) is 11.4 Å². The second-order valence-corrected chi connectivity index (χ2v) is 9.03. The van der Waals surface area contributed by atoms with Crippen molar-refractivity contribution >= 4 is 26.7 Å². The molecule has 0 bridgehead atoms. The van der Waals surface area contributed by atoms with Crippen molar-refractivity contribution < 1.29 is 30.8 Å². The zero-order valence-electron chi connectivity index (χ0n) is 16.5. The normalized spacial score (nSPS) is 12.6. The first-order valence-corrected chi connectivity index (χ1v) is 10.3. The molecule has 0 aliphatic heterocycles. The van der Waals surface area contributed by atoms with E-state index in [1.165, 1.54) is 13.8 Å². The number of aromatic nitrogens is 2. The number of nitrogens with zero attached hydrogens (tertiary/aromatic N) is 3. The standard InChI is InChI=1S/C17H16ClF4N3O5S/c1-8(2)24(4)31(29,30)15(27)9-5-12(11(19)6-10(9)18)25-14(26)7-13(17(20,21)22)23(3)16(25)28/h5-8H,1-4H3. The Hall–Kier alpha value is -2.51. The summed E-state index contributed by atoms with van der Waals surface area (Å²) in [6.07, 6.45) is -5.04. The summed E-state index contributed by atoms with van der Waals surface area (Å²) in [5.41, 5.74) is -6.39. The van der Waals surface area contributed by atoms with E-state index in [0.29, 0.717) is 19.2 Å². The number of hydrogen-bond acceptors (Lipinski definition) is 5. The summed E-state index contributed by atoms with van der Waals surface area (Å²) in [7, 11) is -2.78. The van der Waals surface area contributed by atoms with E-state index in [1.807, 2.05) is 0 Å². The van der Waals surface area contributed by atoms with Crippen LogP contribution in [-0.2, 0) is 23.2 Å². The van der Waals surface area contributed by atoms with Crippen molar-refractivity contribution in [3.63, 3.8) is 0 Å². The Kier molecular flexibility index (Phi) is 6.55. The molecule has 1 aromatic carbocycles. The van der Waals surface area contributed by atoms with Gasteiger partial charge >= 0.3 is 11.9 Å². The second-order valence-electron chi connectivity index (χ2n) is 6.73. The summed E-state index contributed by atoms with van der Waals surface area (Å²) in [6, 6.07) is 0.457. The number of carbonyl (C=O) groups excluding carboxylic acids is 1. The van der Waals surface area contributed by atoms with Gasteiger partial charge in [0.15, 0.2) is 0 Å². The minimum absolute atomic E-state index is 0.0382. The van der Waals surface area contributed by atoms with Crippen molar-refractivity contribution in [2.24, 2.45) is 7.05 Å². The van der Waals surface area contributed by atoms with Gasteiger partial charge in [-0.15, -0.1) is 0 Å². The van der Waals surface area contributed by atoms with Crippen LogP contribution in [0.4, 0.5) is 17.6 Å². The summed E-state index contributed by atoms with van der Waals surface area (Å²) in [6.45, 7) is 2.96. The smallest absolute Gasteiger partial charge is 0.292 e. The molecule has 0 unspecified atom stereocenters. The molecule has 2 aromatic rings. The van der Waals surface area contributed by atoms with Crippen LogP contribution in [0.5, 0.6) is 0 Å². The molecule has 14 heteroatoms. The van der Waals surface area contributed by atoms with Crippen molar-refractivity contribution in [1.29, 1.82) is 0 Å². The van der Waals surface area contributed by atoms with Crippen LogP contribution >= 0.6 is 11.6 Å². The highest BCUT2D eigenvalue weighted by molar-refractivity contribution is 8.04. The molecule has 0 aliphatic carbocycles. The van der Waals surface area contributed by atoms with Gasteiger partial charge in [-0.2, -0.15) is 17.5 Å². The summed E-state index contributed by atoms with van der Waals surface area (Å²) < 4.78 is 79.3. The lowest BCUT2D eigenvalue weighted by molar-refractivity contribution is -0.144. The maximum absolute atomic E-state index is 14.5. The van der Waals surface area contributed by atoms with Gasteiger partial charge in [-0.25, -0.2) is 22.2 Å². The largest absolute Gasteiger partial charge is 0.431 e. The maximum Gasteiger partial charge on any atom is 0.431 e. The van der Waals surface area contributed by atoms with Gasteiger partial charge in [0.2, 0.25) is 0 Å². The van der Waals surface area contributed by atoms with E-state index in [2.05, 4.69) is 0 Å². The molecule has 0 radical (unpaired) electrons. The number of hydrogen-bond donors (Lipinski definition) is 0. The molecule has 2 rings (SSSR count). The van der Waals surface area contributed by atoms with E-state index in [9.17, 15) is 40.4 Å². The van der Waals surface area contributed by atoms with Gasteiger partial charge in [-0.1, -0.05) is 11.6 Å². The van der Waals surface area contributed by atoms with Crippen molar-refractivity contribution in [3.05, 3.63) is 61.1 Å². The first-order valence-electron chi connectivity index (χ1n) is 8.43. The average Bonchev–Trinajstić information content (AvgIpc) is 2.64. The topological polar surface area (TPSA) is 98.4 Å². The van der Waals surface area contributed by atoms with Crippen LogP contribution in [0.3, 0.4) is 0 Å². The monoisotopic (exact) mass is 485 g/mol. The number of sulfonamides is 1. The maximum atomic E-state index is 14.5. The highest BCUT2D eigenvalue weighted by Gasteiger charge is 2.36. The fourth-order valence-corrected chi connectivity index (χ4v) is 4.09. The molecule has 1 heterocycles. The quantitative estimate of drug-likeness (QED) is 0.618. The summed E-state index contributed by atoms with van der Waals surface area (Å²) in [5.74, 6) is -1.34. The Morgan fingerprint density at radius 2 is 1.71 bits per heavy atom. The summed E-state index contributed by atoms with van der Waals surface area (Å²) in [4.78, 5) is 37.2. The lowest BCUT2D eigenvalue weighted by Crippen LogP contribution is -2.41. The van der Waals surface area contributed by atoms with Crippen molar-refractivity contribution in [2.45, 2.75) is 26.1 Å². The van der Waals surface area contributed by atoms with Gasteiger partial charge in [0.05, 0.1) is 16.3 Å². The van der Waals surface area contributed by atoms with Gasteiger partial charge in [0.25, 0.3) is 20.7 Å². The fraction of sp³-hybridized carbons (Fsp3) is 0.353. The summed E-state index contributed by atoms with van der Waals surface area (Å²) >= 11 is 5.81. The van der Waals surface area contributed by atoms with Crippen molar-refractivity contribution in [1.82, 2.24) is 13.4 Å². The Balaban J connectivity index is 2.81. The van der Waals surface area contributed by atoms with Crippen molar-refractivity contribution in [3.8, 4) is 5.69 Å². The number of halogens is 5. The Bertz CT molecular complexity index is 1280. The van der Waals surface area contributed by atoms with E-state index in [-0.39, 0.29) is 15.2 Å². The minimum Gasteiger partial charge on any atom is -0.292 e. The molecule has 0 saturated heterocycles. The Morgan fingerprint density at radius 1 is 1.16 bits per heavy atom. The van der Waals surface area contributed by atoms with E-state index in [1.54, 1.807) is 0 Å². The first kappa shape index (κ1) is 24.8. The molecule has 31 heavy (non-hydrogen) atoms. The molecule has 0 N–H and O–H groups in total. The number of alkyl halides is 3. The van der Waals surface area contributed by atoms with Crippen LogP contribution in [0.2, 0.25) is 5.02 Å². The van der Waals surface area contributed by atoms with Gasteiger partial charge < -0.3 is 0 Å².